The predicted octanol–water partition coefficient (Wildman–Crippen LogP) is 6.69. The van der Waals surface area contributed by atoms with Gasteiger partial charge in [0.15, 0.2) is 5.17 Å². The van der Waals surface area contributed by atoms with E-state index in [0.29, 0.717) is 10.1 Å². The number of rotatable bonds is 6. The third-order valence-corrected chi connectivity index (χ3v) is 6.65. The number of amidine groups is 1. The Hall–Kier alpha value is -3.31. The summed E-state index contributed by atoms with van der Waals surface area (Å²) in [6.07, 6.45) is 3.89. The number of hydrogen-bond acceptors (Lipinski definition) is 4. The van der Waals surface area contributed by atoms with Crippen LogP contribution in [0.3, 0.4) is 0 Å². The van der Waals surface area contributed by atoms with E-state index in [2.05, 4.69) is 55.1 Å². The largest absolute Gasteiger partial charge is 0.378 e. The highest BCUT2D eigenvalue weighted by molar-refractivity contribution is 8.19. The molecule has 0 N–H and O–H groups in total. The monoisotopic (exact) mass is 455 g/mol. The fourth-order valence-corrected chi connectivity index (χ4v) is 4.59. The molecular weight excluding hydrogens is 426 g/mol. The van der Waals surface area contributed by atoms with Crippen molar-refractivity contribution in [2.75, 3.05) is 23.9 Å². The van der Waals surface area contributed by atoms with Gasteiger partial charge in [0.2, 0.25) is 0 Å². The summed E-state index contributed by atoms with van der Waals surface area (Å²) in [5.41, 5.74) is 6.30. The van der Waals surface area contributed by atoms with Crippen LogP contribution in [0.25, 0.3) is 6.08 Å². The van der Waals surface area contributed by atoms with E-state index in [1.54, 1.807) is 4.90 Å². The van der Waals surface area contributed by atoms with Gasteiger partial charge in [0, 0.05) is 19.8 Å². The molecule has 0 saturated carbocycles. The number of carbonyl (C=O) groups is 1. The van der Waals surface area contributed by atoms with E-state index < -0.39 is 0 Å². The summed E-state index contributed by atoms with van der Waals surface area (Å²) in [7, 11) is 4.03. The van der Waals surface area contributed by atoms with Crippen molar-refractivity contribution in [2.24, 2.45) is 4.99 Å². The van der Waals surface area contributed by atoms with Gasteiger partial charge in [-0.15, -0.1) is 0 Å². The number of carbonyl (C=O) groups excluding carboxylic acids is 1. The molecule has 168 valence electrons. The van der Waals surface area contributed by atoms with Gasteiger partial charge in [-0.25, -0.2) is 4.99 Å². The van der Waals surface area contributed by atoms with Crippen LogP contribution in [-0.2, 0) is 17.6 Å². The SMILES string of the molecule is CCc1ccc(N=C2SC(=Cc3ccc(N(C)C)cc3)C(=O)N2c2ccc(CC)cc2)cc1. The molecule has 3 aromatic carbocycles. The fourth-order valence-electron chi connectivity index (χ4n) is 3.59. The van der Waals surface area contributed by atoms with Gasteiger partial charge >= 0.3 is 0 Å². The number of aryl methyl sites for hydroxylation is 2. The molecule has 33 heavy (non-hydrogen) atoms. The van der Waals surface area contributed by atoms with Crippen molar-refractivity contribution in [1.82, 2.24) is 0 Å². The smallest absolute Gasteiger partial charge is 0.271 e. The topological polar surface area (TPSA) is 35.9 Å². The van der Waals surface area contributed by atoms with Gasteiger partial charge in [-0.3, -0.25) is 9.69 Å². The standard InChI is InChI=1S/C28H29N3OS/c1-5-20-7-13-23(14-8-20)29-28-31(25-17-9-21(6-2)10-18-25)27(32)26(33-28)19-22-11-15-24(16-12-22)30(3)4/h7-19H,5-6H2,1-4H3. The Labute approximate surface area is 200 Å². The van der Waals surface area contributed by atoms with Crippen molar-refractivity contribution in [3.8, 4) is 0 Å². The van der Waals surface area contributed by atoms with Crippen LogP contribution < -0.4 is 9.80 Å². The zero-order chi connectivity index (χ0) is 23.4. The summed E-state index contributed by atoms with van der Waals surface area (Å²) < 4.78 is 0. The maximum Gasteiger partial charge on any atom is 0.271 e. The molecule has 3 aromatic rings. The summed E-state index contributed by atoms with van der Waals surface area (Å²) in [5.74, 6) is -0.0511. The maximum absolute atomic E-state index is 13.5. The van der Waals surface area contributed by atoms with Crippen LogP contribution in [0.4, 0.5) is 17.1 Å². The van der Waals surface area contributed by atoms with Crippen molar-refractivity contribution < 1.29 is 4.79 Å². The van der Waals surface area contributed by atoms with Crippen LogP contribution >= 0.6 is 11.8 Å². The highest BCUT2D eigenvalue weighted by Gasteiger charge is 2.34. The quantitative estimate of drug-likeness (QED) is 0.389. The number of nitrogens with zero attached hydrogens (tertiary/aromatic N) is 3. The molecule has 0 radical (unpaired) electrons. The lowest BCUT2D eigenvalue weighted by atomic mass is 10.1. The molecule has 0 unspecified atom stereocenters. The molecule has 4 rings (SSSR count). The normalized spacial score (nSPS) is 16.1. The van der Waals surface area contributed by atoms with Crippen LogP contribution in [0.1, 0.15) is 30.5 Å². The van der Waals surface area contributed by atoms with E-state index in [1.807, 2.05) is 56.6 Å². The Morgan fingerprint density at radius 1 is 0.848 bits per heavy atom. The minimum absolute atomic E-state index is 0.0511. The Bertz CT molecular complexity index is 1180. The Morgan fingerprint density at radius 3 is 1.97 bits per heavy atom. The minimum Gasteiger partial charge on any atom is -0.378 e. The molecule has 1 fully saturated rings. The van der Waals surface area contributed by atoms with E-state index >= 15 is 0 Å². The molecule has 5 heteroatoms. The predicted molar refractivity (Wildman–Crippen MR) is 143 cm³/mol. The molecule has 1 aliphatic rings. The Morgan fingerprint density at radius 2 is 1.42 bits per heavy atom. The molecule has 0 bridgehead atoms. The first-order chi connectivity index (χ1) is 16.0. The van der Waals surface area contributed by atoms with Crippen LogP contribution in [0.15, 0.2) is 82.7 Å². The van der Waals surface area contributed by atoms with Gasteiger partial charge in [-0.1, -0.05) is 50.2 Å². The van der Waals surface area contributed by atoms with Crippen molar-refractivity contribution in [3.63, 3.8) is 0 Å². The second kappa shape index (κ2) is 10.1. The zero-order valence-corrected chi connectivity index (χ0v) is 20.4. The molecule has 0 aliphatic carbocycles. The summed E-state index contributed by atoms with van der Waals surface area (Å²) in [6, 6.07) is 24.5. The molecule has 1 amide bonds. The van der Waals surface area contributed by atoms with Crippen molar-refractivity contribution >= 4 is 46.0 Å². The van der Waals surface area contributed by atoms with Crippen molar-refractivity contribution in [2.45, 2.75) is 26.7 Å². The molecule has 0 atom stereocenters. The summed E-state index contributed by atoms with van der Waals surface area (Å²) in [4.78, 5) is 22.8. The molecule has 1 aliphatic heterocycles. The molecule has 0 aromatic heterocycles. The van der Waals surface area contributed by atoms with E-state index in [0.717, 1.165) is 35.5 Å². The Kier molecular flexibility index (Phi) is 6.99. The van der Waals surface area contributed by atoms with Crippen LogP contribution in [0.5, 0.6) is 0 Å². The second-order valence-corrected chi connectivity index (χ2v) is 9.18. The maximum atomic E-state index is 13.5. The number of anilines is 2. The summed E-state index contributed by atoms with van der Waals surface area (Å²) in [6.45, 7) is 4.26. The average molecular weight is 456 g/mol. The van der Waals surface area contributed by atoms with Gasteiger partial charge in [-0.05, 0) is 83.8 Å². The van der Waals surface area contributed by atoms with Gasteiger partial charge in [0.05, 0.1) is 16.3 Å². The third kappa shape index (κ3) is 5.20. The van der Waals surface area contributed by atoms with Crippen LogP contribution in [0.2, 0.25) is 0 Å². The first-order valence-electron chi connectivity index (χ1n) is 11.3. The highest BCUT2D eigenvalue weighted by Crippen LogP contribution is 2.37. The lowest BCUT2D eigenvalue weighted by Crippen LogP contribution is -2.28. The molecular formula is C28H29N3OS. The number of thioether (sulfide) groups is 1. The van der Waals surface area contributed by atoms with E-state index in [9.17, 15) is 4.79 Å². The number of benzene rings is 3. The number of hydrogen-bond donors (Lipinski definition) is 0. The third-order valence-electron chi connectivity index (χ3n) is 5.69. The molecule has 1 saturated heterocycles. The van der Waals surface area contributed by atoms with Crippen molar-refractivity contribution in [1.29, 1.82) is 0 Å². The molecule has 1 heterocycles. The van der Waals surface area contributed by atoms with Gasteiger partial charge in [0.25, 0.3) is 5.91 Å². The number of aliphatic imine (C=N–C) groups is 1. The summed E-state index contributed by atoms with van der Waals surface area (Å²) >= 11 is 1.42. The highest BCUT2D eigenvalue weighted by atomic mass is 32.2. The molecule has 0 spiro atoms. The Balaban J connectivity index is 1.71. The molecule has 4 nitrogen and oxygen atoms in total. The van der Waals surface area contributed by atoms with E-state index in [4.69, 9.17) is 4.99 Å². The van der Waals surface area contributed by atoms with Gasteiger partial charge in [-0.2, -0.15) is 0 Å². The van der Waals surface area contributed by atoms with E-state index in [-0.39, 0.29) is 5.91 Å². The lowest BCUT2D eigenvalue weighted by molar-refractivity contribution is -0.113. The van der Waals surface area contributed by atoms with E-state index in [1.165, 1.54) is 22.9 Å². The van der Waals surface area contributed by atoms with Gasteiger partial charge < -0.3 is 4.90 Å². The van der Waals surface area contributed by atoms with Crippen LogP contribution in [-0.4, -0.2) is 25.2 Å². The van der Waals surface area contributed by atoms with Crippen molar-refractivity contribution in [3.05, 3.63) is 94.4 Å². The zero-order valence-electron chi connectivity index (χ0n) is 19.6. The lowest BCUT2D eigenvalue weighted by Gasteiger charge is -2.16. The first kappa shape index (κ1) is 22.9. The minimum atomic E-state index is -0.0511. The first-order valence-corrected chi connectivity index (χ1v) is 12.1. The summed E-state index contributed by atoms with van der Waals surface area (Å²) in [5, 5.41) is 0.671. The second-order valence-electron chi connectivity index (χ2n) is 8.17. The number of amides is 1. The fraction of sp³-hybridized carbons (Fsp3) is 0.214. The average Bonchev–Trinajstić information content (AvgIpc) is 3.14. The van der Waals surface area contributed by atoms with Crippen LogP contribution in [0, 0.1) is 0 Å². The van der Waals surface area contributed by atoms with Gasteiger partial charge in [0.1, 0.15) is 0 Å².